The van der Waals surface area contributed by atoms with Crippen molar-refractivity contribution in [1.82, 2.24) is 0 Å². The van der Waals surface area contributed by atoms with Gasteiger partial charge in [-0.15, -0.1) is 0 Å². The molecule has 0 saturated carbocycles. The normalized spacial score (nSPS) is 10.8. The van der Waals surface area contributed by atoms with E-state index in [1.165, 1.54) is 38.9 Å². The summed E-state index contributed by atoms with van der Waals surface area (Å²) in [6.07, 6.45) is 2.77. The molecule has 1 nitrogen and oxygen atoms in total. The largest absolute Gasteiger partial charge is 0.396 e. The first kappa shape index (κ1) is 17.4. The van der Waals surface area contributed by atoms with Crippen molar-refractivity contribution in [2.45, 2.75) is 33.1 Å². The molecule has 0 fully saturated rings. The van der Waals surface area contributed by atoms with Gasteiger partial charge in [-0.2, -0.15) is 0 Å². The van der Waals surface area contributed by atoms with Gasteiger partial charge in [0, 0.05) is 6.61 Å². The first-order valence-electron chi connectivity index (χ1n) is 9.11. The summed E-state index contributed by atoms with van der Waals surface area (Å²) in [5, 5.41) is 8.96. The molecule has 0 aromatic heterocycles. The van der Waals surface area contributed by atoms with Crippen molar-refractivity contribution in [3.05, 3.63) is 83.4 Å². The molecule has 25 heavy (non-hydrogen) atoms. The van der Waals surface area contributed by atoms with Crippen LogP contribution in [0.25, 0.3) is 22.3 Å². The Morgan fingerprint density at radius 1 is 0.760 bits per heavy atom. The standard InChI is InChI=1S/C24H26O/c1-3-20-17-23(21-10-6-18(2)7-11-21)14-15-24(20)22-12-8-19(9-13-22)5-4-16-25/h6-15,17,25H,3-5,16H2,1-2H3. The third-order valence-electron chi connectivity index (χ3n) is 4.76. The van der Waals surface area contributed by atoms with Crippen molar-refractivity contribution >= 4 is 0 Å². The van der Waals surface area contributed by atoms with Gasteiger partial charge in [0.25, 0.3) is 0 Å². The van der Waals surface area contributed by atoms with Gasteiger partial charge in [0.1, 0.15) is 0 Å². The number of benzene rings is 3. The van der Waals surface area contributed by atoms with Crippen LogP contribution in [0.15, 0.2) is 66.7 Å². The summed E-state index contributed by atoms with van der Waals surface area (Å²) in [4.78, 5) is 0. The quantitative estimate of drug-likeness (QED) is 0.604. The number of aliphatic hydroxyl groups excluding tert-OH is 1. The van der Waals surface area contributed by atoms with Gasteiger partial charge < -0.3 is 5.11 Å². The van der Waals surface area contributed by atoms with Crippen LogP contribution in [-0.2, 0) is 12.8 Å². The van der Waals surface area contributed by atoms with E-state index in [-0.39, 0.29) is 6.61 Å². The van der Waals surface area contributed by atoms with E-state index < -0.39 is 0 Å². The highest BCUT2D eigenvalue weighted by Crippen LogP contribution is 2.30. The molecule has 0 radical (unpaired) electrons. The molecule has 128 valence electrons. The van der Waals surface area contributed by atoms with Gasteiger partial charge in [-0.3, -0.25) is 0 Å². The fourth-order valence-electron chi connectivity index (χ4n) is 3.23. The van der Waals surface area contributed by atoms with Gasteiger partial charge in [0.2, 0.25) is 0 Å². The topological polar surface area (TPSA) is 20.2 Å². The molecule has 3 aromatic rings. The molecule has 0 unspecified atom stereocenters. The maximum atomic E-state index is 8.96. The van der Waals surface area contributed by atoms with Crippen LogP contribution in [0.1, 0.15) is 30.0 Å². The van der Waals surface area contributed by atoms with Crippen LogP contribution in [-0.4, -0.2) is 11.7 Å². The lowest BCUT2D eigenvalue weighted by atomic mass is 9.93. The third kappa shape index (κ3) is 4.18. The molecule has 0 saturated heterocycles. The van der Waals surface area contributed by atoms with Crippen LogP contribution in [0.3, 0.4) is 0 Å². The number of rotatable bonds is 6. The van der Waals surface area contributed by atoms with Gasteiger partial charge in [0.05, 0.1) is 0 Å². The predicted octanol–water partition coefficient (Wildman–Crippen LogP) is 5.82. The van der Waals surface area contributed by atoms with E-state index in [2.05, 4.69) is 80.6 Å². The van der Waals surface area contributed by atoms with Gasteiger partial charge >= 0.3 is 0 Å². The van der Waals surface area contributed by atoms with Crippen molar-refractivity contribution in [2.24, 2.45) is 0 Å². The molecule has 0 spiro atoms. The second-order valence-electron chi connectivity index (χ2n) is 6.62. The Bertz CT molecular complexity index is 814. The minimum atomic E-state index is 0.252. The fourth-order valence-corrected chi connectivity index (χ4v) is 3.23. The first-order valence-corrected chi connectivity index (χ1v) is 9.11. The lowest BCUT2D eigenvalue weighted by Gasteiger charge is -2.12. The monoisotopic (exact) mass is 330 g/mol. The maximum Gasteiger partial charge on any atom is 0.0434 e. The number of aryl methyl sites for hydroxylation is 3. The Kier molecular flexibility index (Phi) is 5.67. The molecule has 0 amide bonds. The van der Waals surface area contributed by atoms with Crippen LogP contribution in [0.4, 0.5) is 0 Å². The van der Waals surface area contributed by atoms with E-state index in [1.807, 2.05) is 0 Å². The summed E-state index contributed by atoms with van der Waals surface area (Å²) in [5.41, 5.74) is 9.07. The first-order chi connectivity index (χ1) is 12.2. The zero-order chi connectivity index (χ0) is 17.6. The smallest absolute Gasteiger partial charge is 0.0434 e. The summed E-state index contributed by atoms with van der Waals surface area (Å²) in [6.45, 7) is 4.59. The number of hydrogen-bond donors (Lipinski definition) is 1. The molecular weight excluding hydrogens is 304 g/mol. The van der Waals surface area contributed by atoms with Gasteiger partial charge in [-0.05, 0) is 59.6 Å². The van der Waals surface area contributed by atoms with Crippen molar-refractivity contribution in [3.63, 3.8) is 0 Å². The number of hydrogen-bond acceptors (Lipinski definition) is 1. The Morgan fingerprint density at radius 2 is 1.40 bits per heavy atom. The molecule has 0 aliphatic carbocycles. The van der Waals surface area contributed by atoms with Crippen LogP contribution in [0, 0.1) is 6.92 Å². The molecule has 1 heteroatoms. The molecule has 0 aliphatic heterocycles. The molecular formula is C24H26O. The lowest BCUT2D eigenvalue weighted by Crippen LogP contribution is -1.92. The molecule has 3 aromatic carbocycles. The zero-order valence-corrected chi connectivity index (χ0v) is 15.1. The summed E-state index contributed by atoms with van der Waals surface area (Å²) < 4.78 is 0. The summed E-state index contributed by atoms with van der Waals surface area (Å²) in [7, 11) is 0. The zero-order valence-electron chi connectivity index (χ0n) is 15.1. The summed E-state index contributed by atoms with van der Waals surface area (Å²) >= 11 is 0. The SMILES string of the molecule is CCc1cc(-c2ccc(C)cc2)ccc1-c1ccc(CCCO)cc1. The van der Waals surface area contributed by atoms with Crippen molar-refractivity contribution in [1.29, 1.82) is 0 Å². The van der Waals surface area contributed by atoms with E-state index in [4.69, 9.17) is 5.11 Å². The lowest BCUT2D eigenvalue weighted by molar-refractivity contribution is 0.288. The summed E-state index contributed by atoms with van der Waals surface area (Å²) in [6, 6.07) is 24.3. The minimum absolute atomic E-state index is 0.252. The van der Waals surface area contributed by atoms with Crippen LogP contribution in [0.2, 0.25) is 0 Å². The Hall–Kier alpha value is -2.38. The molecule has 0 bridgehead atoms. The average molecular weight is 330 g/mol. The highest BCUT2D eigenvalue weighted by molar-refractivity contribution is 5.74. The average Bonchev–Trinajstić information content (AvgIpc) is 2.67. The van der Waals surface area contributed by atoms with Gasteiger partial charge in [-0.1, -0.05) is 79.2 Å². The van der Waals surface area contributed by atoms with E-state index in [9.17, 15) is 0 Å². The Labute approximate surface area is 151 Å². The minimum Gasteiger partial charge on any atom is -0.396 e. The van der Waals surface area contributed by atoms with Gasteiger partial charge in [0.15, 0.2) is 0 Å². The molecule has 0 heterocycles. The van der Waals surface area contributed by atoms with Crippen molar-refractivity contribution < 1.29 is 5.11 Å². The second-order valence-corrected chi connectivity index (χ2v) is 6.62. The van der Waals surface area contributed by atoms with E-state index >= 15 is 0 Å². The third-order valence-corrected chi connectivity index (χ3v) is 4.76. The maximum absolute atomic E-state index is 8.96. The Balaban J connectivity index is 1.90. The highest BCUT2D eigenvalue weighted by atomic mass is 16.2. The van der Waals surface area contributed by atoms with Crippen molar-refractivity contribution in [3.8, 4) is 22.3 Å². The molecule has 1 N–H and O–H groups in total. The van der Waals surface area contributed by atoms with Gasteiger partial charge in [-0.25, -0.2) is 0 Å². The summed E-state index contributed by atoms with van der Waals surface area (Å²) in [5.74, 6) is 0. The molecule has 0 aliphatic rings. The Morgan fingerprint density at radius 3 is 2.04 bits per heavy atom. The van der Waals surface area contributed by atoms with Crippen molar-refractivity contribution in [2.75, 3.05) is 6.61 Å². The second kappa shape index (κ2) is 8.13. The van der Waals surface area contributed by atoms with Crippen LogP contribution in [0.5, 0.6) is 0 Å². The molecule has 0 atom stereocenters. The fraction of sp³-hybridized carbons (Fsp3) is 0.250. The highest BCUT2D eigenvalue weighted by Gasteiger charge is 2.07. The van der Waals surface area contributed by atoms with Crippen LogP contribution >= 0.6 is 0 Å². The van der Waals surface area contributed by atoms with E-state index in [0.717, 1.165) is 19.3 Å². The molecule has 3 rings (SSSR count). The predicted molar refractivity (Wildman–Crippen MR) is 107 cm³/mol. The number of aliphatic hydroxyl groups is 1. The van der Waals surface area contributed by atoms with E-state index in [1.54, 1.807) is 0 Å². The van der Waals surface area contributed by atoms with Crippen LogP contribution < -0.4 is 0 Å². The van der Waals surface area contributed by atoms with E-state index in [0.29, 0.717) is 0 Å².